The highest BCUT2D eigenvalue weighted by Gasteiger charge is 2.17. The maximum Gasteiger partial charge on any atom is 0.258 e. The molecule has 1 fully saturated rings. The first-order valence-electron chi connectivity index (χ1n) is 9.72. The Labute approximate surface area is 181 Å². The van der Waals surface area contributed by atoms with E-state index >= 15 is 0 Å². The van der Waals surface area contributed by atoms with Crippen molar-refractivity contribution in [3.63, 3.8) is 0 Å². The molecule has 0 saturated carbocycles. The van der Waals surface area contributed by atoms with Crippen LogP contribution in [-0.2, 0) is 4.74 Å². The number of methoxy groups -OCH3 is 2. The standard InChI is InChI=1S/C22H26ClN3O4/c1-14-11-16(23)7-8-18(14)25-22(24-13-17-5-4-10-30-17)26-21(27)15-6-9-19(28-2)20(12-15)29-3/h6-9,11-12,17H,4-5,10,13H2,1-3H3,(H2,24,25,26,27)/t17-/m1/s1. The van der Waals surface area contributed by atoms with Crippen LogP contribution in [0, 0.1) is 6.92 Å². The number of rotatable bonds is 6. The van der Waals surface area contributed by atoms with E-state index in [1.165, 1.54) is 7.11 Å². The second kappa shape index (κ2) is 10.3. The summed E-state index contributed by atoms with van der Waals surface area (Å²) in [6.07, 6.45) is 2.04. The summed E-state index contributed by atoms with van der Waals surface area (Å²) in [7, 11) is 3.07. The van der Waals surface area contributed by atoms with E-state index in [0.29, 0.717) is 34.6 Å². The number of anilines is 1. The average Bonchev–Trinajstić information content (AvgIpc) is 3.27. The second-order valence-corrected chi connectivity index (χ2v) is 7.37. The molecule has 1 aliphatic heterocycles. The lowest BCUT2D eigenvalue weighted by Gasteiger charge is -2.15. The number of halogens is 1. The number of amides is 1. The number of carbonyl (C=O) groups is 1. The fraction of sp³-hybridized carbons (Fsp3) is 0.364. The molecular formula is C22H26ClN3O4. The van der Waals surface area contributed by atoms with Gasteiger partial charge in [-0.25, -0.2) is 4.99 Å². The Bertz CT molecular complexity index is 927. The van der Waals surface area contributed by atoms with Gasteiger partial charge in [0, 0.05) is 22.9 Å². The monoisotopic (exact) mass is 431 g/mol. The number of hydrogen-bond acceptors (Lipinski definition) is 5. The van der Waals surface area contributed by atoms with E-state index < -0.39 is 0 Å². The topological polar surface area (TPSA) is 81.2 Å². The molecule has 2 N–H and O–H groups in total. The van der Waals surface area contributed by atoms with Gasteiger partial charge in [-0.05, 0) is 61.7 Å². The van der Waals surface area contributed by atoms with Gasteiger partial charge in [-0.3, -0.25) is 10.1 Å². The van der Waals surface area contributed by atoms with Gasteiger partial charge in [0.15, 0.2) is 11.5 Å². The molecule has 1 amide bonds. The Morgan fingerprint density at radius 3 is 2.67 bits per heavy atom. The Morgan fingerprint density at radius 1 is 1.20 bits per heavy atom. The van der Waals surface area contributed by atoms with Gasteiger partial charge in [-0.15, -0.1) is 0 Å². The zero-order valence-corrected chi connectivity index (χ0v) is 18.1. The van der Waals surface area contributed by atoms with Gasteiger partial charge in [0.1, 0.15) is 0 Å². The van der Waals surface area contributed by atoms with Crippen molar-refractivity contribution in [2.75, 3.05) is 32.7 Å². The van der Waals surface area contributed by atoms with E-state index in [0.717, 1.165) is 30.7 Å². The lowest BCUT2D eigenvalue weighted by molar-refractivity contribution is 0.0975. The fourth-order valence-electron chi connectivity index (χ4n) is 3.14. The zero-order chi connectivity index (χ0) is 21.5. The summed E-state index contributed by atoms with van der Waals surface area (Å²) >= 11 is 6.05. The van der Waals surface area contributed by atoms with Crippen LogP contribution in [0.25, 0.3) is 0 Å². The molecule has 1 saturated heterocycles. The number of nitrogens with one attached hydrogen (secondary N) is 2. The SMILES string of the molecule is COc1ccc(C(=O)NC(=NC[C@H]2CCCO2)Nc2ccc(Cl)cc2C)cc1OC. The summed E-state index contributed by atoms with van der Waals surface area (Å²) in [5.74, 6) is 1.05. The second-order valence-electron chi connectivity index (χ2n) is 6.93. The van der Waals surface area contributed by atoms with Crippen molar-refractivity contribution in [3.05, 3.63) is 52.5 Å². The van der Waals surface area contributed by atoms with Crippen LogP contribution >= 0.6 is 11.6 Å². The van der Waals surface area contributed by atoms with Gasteiger partial charge in [-0.2, -0.15) is 0 Å². The molecule has 0 unspecified atom stereocenters. The fourth-order valence-corrected chi connectivity index (χ4v) is 3.37. The number of carbonyl (C=O) groups excluding carboxylic acids is 1. The third kappa shape index (κ3) is 5.64. The highest BCUT2D eigenvalue weighted by molar-refractivity contribution is 6.30. The highest BCUT2D eigenvalue weighted by Crippen LogP contribution is 2.27. The number of guanidine groups is 1. The molecule has 2 aromatic rings. The number of ether oxygens (including phenoxy) is 3. The summed E-state index contributed by atoms with van der Waals surface area (Å²) < 4.78 is 16.2. The molecule has 1 heterocycles. The van der Waals surface area contributed by atoms with Crippen molar-refractivity contribution in [2.24, 2.45) is 4.99 Å². The van der Waals surface area contributed by atoms with Gasteiger partial charge in [0.25, 0.3) is 5.91 Å². The lowest BCUT2D eigenvalue weighted by atomic mass is 10.2. The largest absolute Gasteiger partial charge is 0.493 e. The first kappa shape index (κ1) is 21.9. The molecule has 8 heteroatoms. The zero-order valence-electron chi connectivity index (χ0n) is 17.3. The summed E-state index contributed by atoms with van der Waals surface area (Å²) in [6.45, 7) is 3.14. The highest BCUT2D eigenvalue weighted by atomic mass is 35.5. The Morgan fingerprint density at radius 2 is 2.00 bits per heavy atom. The molecule has 0 aliphatic carbocycles. The van der Waals surface area contributed by atoms with E-state index in [2.05, 4.69) is 15.6 Å². The van der Waals surface area contributed by atoms with E-state index in [1.54, 1.807) is 31.4 Å². The number of nitrogens with zero attached hydrogens (tertiary/aromatic N) is 1. The number of aliphatic imine (C=N–C) groups is 1. The Hall–Kier alpha value is -2.77. The maximum absolute atomic E-state index is 12.9. The predicted octanol–water partition coefficient (Wildman–Crippen LogP) is 4.04. The molecule has 3 rings (SSSR count). The van der Waals surface area contributed by atoms with E-state index in [9.17, 15) is 4.79 Å². The van der Waals surface area contributed by atoms with Crippen LogP contribution in [0.2, 0.25) is 5.02 Å². The molecule has 2 aromatic carbocycles. The first-order chi connectivity index (χ1) is 14.5. The smallest absolute Gasteiger partial charge is 0.258 e. The summed E-state index contributed by atoms with van der Waals surface area (Å²) in [5.41, 5.74) is 2.16. The molecule has 1 aliphatic rings. The average molecular weight is 432 g/mol. The van der Waals surface area contributed by atoms with Crippen molar-refractivity contribution in [1.82, 2.24) is 5.32 Å². The molecule has 30 heavy (non-hydrogen) atoms. The van der Waals surface area contributed by atoms with E-state index in [-0.39, 0.29) is 12.0 Å². The van der Waals surface area contributed by atoms with Crippen molar-refractivity contribution in [1.29, 1.82) is 0 Å². The molecule has 1 atom stereocenters. The van der Waals surface area contributed by atoms with Crippen molar-refractivity contribution in [3.8, 4) is 11.5 Å². The molecule has 0 radical (unpaired) electrons. The number of aryl methyl sites for hydroxylation is 1. The van der Waals surface area contributed by atoms with E-state index in [4.69, 9.17) is 25.8 Å². The third-order valence-electron chi connectivity index (χ3n) is 4.80. The number of hydrogen-bond donors (Lipinski definition) is 2. The van der Waals surface area contributed by atoms with Gasteiger partial charge < -0.3 is 19.5 Å². The normalized spacial score (nSPS) is 16.3. The minimum absolute atomic E-state index is 0.0612. The minimum Gasteiger partial charge on any atom is -0.493 e. The molecule has 0 bridgehead atoms. The third-order valence-corrected chi connectivity index (χ3v) is 5.03. The van der Waals surface area contributed by atoms with Crippen LogP contribution in [-0.4, -0.2) is 45.3 Å². The quantitative estimate of drug-likeness (QED) is 0.533. The summed E-state index contributed by atoms with van der Waals surface area (Å²) in [4.78, 5) is 17.4. The Balaban J connectivity index is 1.80. The van der Waals surface area contributed by atoms with Crippen LogP contribution in [0.5, 0.6) is 11.5 Å². The molecule has 0 aromatic heterocycles. The lowest BCUT2D eigenvalue weighted by Crippen LogP contribution is -2.37. The van der Waals surface area contributed by atoms with Crippen molar-refractivity contribution in [2.45, 2.75) is 25.9 Å². The molecular weight excluding hydrogens is 406 g/mol. The van der Waals surface area contributed by atoms with Crippen LogP contribution in [0.4, 0.5) is 5.69 Å². The van der Waals surface area contributed by atoms with Gasteiger partial charge >= 0.3 is 0 Å². The van der Waals surface area contributed by atoms with Crippen molar-refractivity contribution < 1.29 is 19.0 Å². The maximum atomic E-state index is 12.9. The van der Waals surface area contributed by atoms with Crippen LogP contribution in [0.3, 0.4) is 0 Å². The summed E-state index contributed by atoms with van der Waals surface area (Å²) in [6, 6.07) is 10.5. The van der Waals surface area contributed by atoms with Gasteiger partial charge in [0.05, 0.1) is 26.9 Å². The molecule has 7 nitrogen and oxygen atoms in total. The van der Waals surface area contributed by atoms with Crippen LogP contribution in [0.1, 0.15) is 28.8 Å². The van der Waals surface area contributed by atoms with Crippen molar-refractivity contribution >= 4 is 29.2 Å². The minimum atomic E-state index is -0.318. The van der Waals surface area contributed by atoms with E-state index in [1.807, 2.05) is 19.1 Å². The summed E-state index contributed by atoms with van der Waals surface area (Å²) in [5, 5.41) is 6.69. The Kier molecular flexibility index (Phi) is 7.54. The number of benzene rings is 2. The molecule has 160 valence electrons. The van der Waals surface area contributed by atoms with Crippen LogP contribution in [0.15, 0.2) is 41.4 Å². The molecule has 0 spiro atoms. The first-order valence-corrected chi connectivity index (χ1v) is 10.1. The van der Waals surface area contributed by atoms with Crippen LogP contribution < -0.4 is 20.1 Å². The van der Waals surface area contributed by atoms with Gasteiger partial charge in [0.2, 0.25) is 5.96 Å². The van der Waals surface area contributed by atoms with Gasteiger partial charge in [-0.1, -0.05) is 11.6 Å². The predicted molar refractivity (Wildman–Crippen MR) is 118 cm³/mol.